The fourth-order valence-corrected chi connectivity index (χ4v) is 1.63. The van der Waals surface area contributed by atoms with Gasteiger partial charge in [-0.25, -0.2) is 4.98 Å². The van der Waals surface area contributed by atoms with Gasteiger partial charge in [-0.05, 0) is 54.5 Å². The molecular formula is C11H17IN2. The molecule has 0 unspecified atom stereocenters. The average molecular weight is 304 g/mol. The van der Waals surface area contributed by atoms with Crippen molar-refractivity contribution in [3.8, 4) is 0 Å². The fourth-order valence-electron chi connectivity index (χ4n) is 1.33. The van der Waals surface area contributed by atoms with Crippen molar-refractivity contribution in [2.45, 2.75) is 39.7 Å². The van der Waals surface area contributed by atoms with Gasteiger partial charge in [-0.1, -0.05) is 13.8 Å². The molecule has 0 aliphatic rings. The van der Waals surface area contributed by atoms with Gasteiger partial charge in [-0.2, -0.15) is 0 Å². The first kappa shape index (κ1) is 11.8. The van der Waals surface area contributed by atoms with E-state index in [0.717, 1.165) is 24.4 Å². The van der Waals surface area contributed by atoms with Gasteiger partial charge in [-0.3, -0.25) is 0 Å². The highest BCUT2D eigenvalue weighted by Crippen LogP contribution is 2.14. The van der Waals surface area contributed by atoms with Crippen molar-refractivity contribution in [3.63, 3.8) is 0 Å². The number of pyridine rings is 1. The van der Waals surface area contributed by atoms with Crippen LogP contribution in [0.4, 0.5) is 5.82 Å². The minimum Gasteiger partial charge on any atom is -0.367 e. The zero-order chi connectivity index (χ0) is 10.6. The lowest BCUT2D eigenvalue weighted by Gasteiger charge is -2.15. The molecule has 1 heterocycles. The smallest absolute Gasteiger partial charge is 0.126 e. The maximum absolute atomic E-state index is 4.49. The Kier molecular flexibility index (Phi) is 4.65. The molecule has 1 aromatic rings. The highest BCUT2D eigenvalue weighted by molar-refractivity contribution is 14.1. The molecule has 0 aromatic carbocycles. The third-order valence-electron chi connectivity index (χ3n) is 2.36. The number of anilines is 1. The molecule has 0 fully saturated rings. The molecule has 78 valence electrons. The first-order chi connectivity index (χ1) is 6.67. The Morgan fingerprint density at radius 3 is 2.50 bits per heavy atom. The van der Waals surface area contributed by atoms with Crippen LogP contribution in [0, 0.1) is 10.5 Å². The SMILES string of the molecule is CCC(CC)Nc1ccc(I)c(C)n1. The lowest BCUT2D eigenvalue weighted by atomic mass is 10.2. The van der Waals surface area contributed by atoms with Gasteiger partial charge in [0, 0.05) is 9.61 Å². The maximum Gasteiger partial charge on any atom is 0.126 e. The van der Waals surface area contributed by atoms with Gasteiger partial charge in [0.25, 0.3) is 0 Å². The van der Waals surface area contributed by atoms with E-state index in [-0.39, 0.29) is 0 Å². The van der Waals surface area contributed by atoms with Crippen LogP contribution in [0.5, 0.6) is 0 Å². The van der Waals surface area contributed by atoms with E-state index >= 15 is 0 Å². The summed E-state index contributed by atoms with van der Waals surface area (Å²) in [6.07, 6.45) is 2.28. The predicted molar refractivity (Wildman–Crippen MR) is 69.7 cm³/mol. The topological polar surface area (TPSA) is 24.9 Å². The summed E-state index contributed by atoms with van der Waals surface area (Å²) in [4.78, 5) is 4.49. The van der Waals surface area contributed by atoms with E-state index in [9.17, 15) is 0 Å². The second-order valence-electron chi connectivity index (χ2n) is 3.42. The molecule has 1 aromatic heterocycles. The molecule has 3 heteroatoms. The van der Waals surface area contributed by atoms with Gasteiger partial charge in [0.15, 0.2) is 0 Å². The summed E-state index contributed by atoms with van der Waals surface area (Å²) in [5.41, 5.74) is 1.10. The summed E-state index contributed by atoms with van der Waals surface area (Å²) in [5.74, 6) is 0.997. The first-order valence-corrected chi connectivity index (χ1v) is 6.15. The van der Waals surface area contributed by atoms with Crippen LogP contribution in [0.3, 0.4) is 0 Å². The average Bonchev–Trinajstić information content (AvgIpc) is 2.19. The Morgan fingerprint density at radius 2 is 2.00 bits per heavy atom. The van der Waals surface area contributed by atoms with Crippen LogP contribution in [0.2, 0.25) is 0 Å². The number of halogens is 1. The molecule has 1 rings (SSSR count). The Labute approximate surface area is 99.7 Å². The summed E-state index contributed by atoms with van der Waals surface area (Å²) in [6, 6.07) is 4.70. The minimum atomic E-state index is 0.543. The largest absolute Gasteiger partial charge is 0.367 e. The lowest BCUT2D eigenvalue weighted by Crippen LogP contribution is -2.18. The molecule has 0 saturated carbocycles. The summed E-state index contributed by atoms with van der Waals surface area (Å²) in [6.45, 7) is 6.43. The van der Waals surface area contributed by atoms with Crippen LogP contribution in [0.25, 0.3) is 0 Å². The molecule has 2 nitrogen and oxygen atoms in total. The van der Waals surface area contributed by atoms with Crippen LogP contribution in [-0.2, 0) is 0 Å². The molecule has 0 aliphatic carbocycles. The van der Waals surface area contributed by atoms with Gasteiger partial charge < -0.3 is 5.32 Å². The Morgan fingerprint density at radius 1 is 1.36 bits per heavy atom. The zero-order valence-electron chi connectivity index (χ0n) is 8.97. The Bertz CT molecular complexity index is 295. The standard InChI is InChI=1S/C11H17IN2/c1-4-9(5-2)14-11-7-6-10(12)8(3)13-11/h6-7,9H,4-5H2,1-3H3,(H,13,14). The number of aromatic nitrogens is 1. The van der Waals surface area contributed by atoms with Crippen molar-refractivity contribution in [2.75, 3.05) is 5.32 Å². The van der Waals surface area contributed by atoms with Crippen molar-refractivity contribution in [2.24, 2.45) is 0 Å². The Balaban J connectivity index is 2.72. The van der Waals surface area contributed by atoms with Crippen LogP contribution >= 0.6 is 22.6 Å². The van der Waals surface area contributed by atoms with Gasteiger partial charge in [0.05, 0.1) is 5.69 Å². The van der Waals surface area contributed by atoms with E-state index in [4.69, 9.17) is 0 Å². The van der Waals surface area contributed by atoms with Gasteiger partial charge >= 0.3 is 0 Å². The third kappa shape index (κ3) is 3.12. The summed E-state index contributed by atoms with van der Waals surface area (Å²) < 4.78 is 1.22. The summed E-state index contributed by atoms with van der Waals surface area (Å²) in [5, 5.41) is 3.43. The van der Waals surface area contributed by atoms with Gasteiger partial charge in [0.1, 0.15) is 5.82 Å². The number of hydrogen-bond donors (Lipinski definition) is 1. The second kappa shape index (κ2) is 5.53. The normalized spacial score (nSPS) is 10.6. The van der Waals surface area contributed by atoms with Gasteiger partial charge in [0.2, 0.25) is 0 Å². The van der Waals surface area contributed by atoms with E-state index in [2.05, 4.69) is 52.8 Å². The lowest BCUT2D eigenvalue weighted by molar-refractivity contribution is 0.668. The van der Waals surface area contributed by atoms with Crippen molar-refractivity contribution >= 4 is 28.4 Å². The van der Waals surface area contributed by atoms with Crippen molar-refractivity contribution in [1.29, 1.82) is 0 Å². The van der Waals surface area contributed by atoms with Crippen LogP contribution in [0.1, 0.15) is 32.4 Å². The van der Waals surface area contributed by atoms with Crippen molar-refractivity contribution in [1.82, 2.24) is 4.98 Å². The first-order valence-electron chi connectivity index (χ1n) is 5.07. The van der Waals surface area contributed by atoms with E-state index in [1.165, 1.54) is 3.57 Å². The van der Waals surface area contributed by atoms with E-state index in [1.54, 1.807) is 0 Å². The quantitative estimate of drug-likeness (QED) is 0.860. The number of aryl methyl sites for hydroxylation is 1. The summed E-state index contributed by atoms with van der Waals surface area (Å²) >= 11 is 2.30. The highest BCUT2D eigenvalue weighted by Gasteiger charge is 2.04. The van der Waals surface area contributed by atoms with Crippen LogP contribution in [0.15, 0.2) is 12.1 Å². The molecule has 0 amide bonds. The molecule has 0 spiro atoms. The third-order valence-corrected chi connectivity index (χ3v) is 3.50. The molecule has 0 aliphatic heterocycles. The zero-order valence-corrected chi connectivity index (χ0v) is 11.1. The molecule has 14 heavy (non-hydrogen) atoms. The van der Waals surface area contributed by atoms with Crippen molar-refractivity contribution in [3.05, 3.63) is 21.4 Å². The highest BCUT2D eigenvalue weighted by atomic mass is 127. The maximum atomic E-state index is 4.49. The van der Waals surface area contributed by atoms with Crippen LogP contribution in [-0.4, -0.2) is 11.0 Å². The molecule has 0 bridgehead atoms. The molecule has 0 radical (unpaired) electrons. The molecule has 0 atom stereocenters. The van der Waals surface area contributed by atoms with E-state index < -0.39 is 0 Å². The second-order valence-corrected chi connectivity index (χ2v) is 4.58. The summed E-state index contributed by atoms with van der Waals surface area (Å²) in [7, 11) is 0. The number of hydrogen-bond acceptors (Lipinski definition) is 2. The number of rotatable bonds is 4. The fraction of sp³-hybridized carbons (Fsp3) is 0.545. The molecule has 1 N–H and O–H groups in total. The van der Waals surface area contributed by atoms with Crippen molar-refractivity contribution < 1.29 is 0 Å². The number of nitrogens with zero attached hydrogens (tertiary/aromatic N) is 1. The van der Waals surface area contributed by atoms with Crippen LogP contribution < -0.4 is 5.32 Å². The predicted octanol–water partition coefficient (Wildman–Crippen LogP) is 3.60. The molecular weight excluding hydrogens is 287 g/mol. The number of nitrogens with one attached hydrogen (secondary N) is 1. The Hall–Kier alpha value is -0.320. The molecule has 0 saturated heterocycles. The monoisotopic (exact) mass is 304 g/mol. The van der Waals surface area contributed by atoms with Gasteiger partial charge in [-0.15, -0.1) is 0 Å². The van der Waals surface area contributed by atoms with E-state index in [1.807, 2.05) is 13.0 Å². The minimum absolute atomic E-state index is 0.543. The van der Waals surface area contributed by atoms with E-state index in [0.29, 0.717) is 6.04 Å².